The van der Waals surface area contributed by atoms with Gasteiger partial charge in [0.2, 0.25) is 11.7 Å². The number of aliphatic imine (C=N–C) groups is 1. The lowest BCUT2D eigenvalue weighted by molar-refractivity contribution is 0.281. The molecule has 10 heteroatoms. The molecule has 3 aromatic rings. The summed E-state index contributed by atoms with van der Waals surface area (Å²) < 4.78 is 16.3. The molecule has 0 unspecified atom stereocenters. The van der Waals surface area contributed by atoms with Crippen LogP contribution in [0.4, 0.5) is 0 Å². The van der Waals surface area contributed by atoms with Crippen LogP contribution in [0, 0.1) is 0 Å². The zero-order chi connectivity index (χ0) is 22.1. The van der Waals surface area contributed by atoms with Gasteiger partial charge in [0.05, 0.1) is 13.7 Å². The Morgan fingerprint density at radius 1 is 1.12 bits per heavy atom. The molecule has 0 radical (unpaired) electrons. The number of guanidine groups is 1. The molecular formula is C22H27ClIN5O3. The third kappa shape index (κ3) is 7.56. The van der Waals surface area contributed by atoms with Crippen LogP contribution in [0.2, 0.25) is 5.02 Å². The van der Waals surface area contributed by atoms with E-state index in [-0.39, 0.29) is 24.0 Å². The summed E-state index contributed by atoms with van der Waals surface area (Å²) in [6, 6.07) is 14.8. The lowest BCUT2D eigenvalue weighted by Gasteiger charge is -2.22. The Balaban J connectivity index is 0.00000363. The van der Waals surface area contributed by atoms with Gasteiger partial charge in [-0.1, -0.05) is 16.8 Å². The number of likely N-dealkylation sites (N-methyl/N-ethyl adjacent to an activating group) is 1. The van der Waals surface area contributed by atoms with Crippen LogP contribution < -0.4 is 14.8 Å². The molecule has 0 aliphatic rings. The van der Waals surface area contributed by atoms with Gasteiger partial charge in [-0.3, -0.25) is 4.99 Å². The van der Waals surface area contributed by atoms with E-state index in [1.165, 1.54) is 0 Å². The Kier molecular flexibility index (Phi) is 10.5. The molecule has 172 valence electrons. The van der Waals surface area contributed by atoms with Crippen molar-refractivity contribution >= 4 is 41.5 Å². The van der Waals surface area contributed by atoms with Gasteiger partial charge in [0.25, 0.3) is 0 Å². The largest absolute Gasteiger partial charge is 0.497 e. The van der Waals surface area contributed by atoms with Crippen molar-refractivity contribution in [2.45, 2.75) is 6.42 Å². The van der Waals surface area contributed by atoms with Gasteiger partial charge in [-0.05, 0) is 48.5 Å². The summed E-state index contributed by atoms with van der Waals surface area (Å²) in [5.41, 5.74) is 0.861. The maximum absolute atomic E-state index is 5.92. The van der Waals surface area contributed by atoms with E-state index in [2.05, 4.69) is 20.4 Å². The molecular weight excluding hydrogens is 545 g/mol. The first-order valence-corrected chi connectivity index (χ1v) is 10.2. The molecule has 0 spiro atoms. The Morgan fingerprint density at radius 3 is 2.47 bits per heavy atom. The van der Waals surface area contributed by atoms with Crippen molar-refractivity contribution in [2.75, 3.05) is 40.9 Å². The van der Waals surface area contributed by atoms with E-state index in [9.17, 15) is 0 Å². The van der Waals surface area contributed by atoms with Crippen LogP contribution in [-0.4, -0.2) is 61.9 Å². The van der Waals surface area contributed by atoms with Crippen LogP contribution in [0.15, 0.2) is 58.0 Å². The van der Waals surface area contributed by atoms with Gasteiger partial charge in [-0.25, -0.2) is 0 Å². The second kappa shape index (κ2) is 13.1. The van der Waals surface area contributed by atoms with Gasteiger partial charge in [-0.2, -0.15) is 4.98 Å². The Bertz CT molecular complexity index is 980. The van der Waals surface area contributed by atoms with Crippen LogP contribution >= 0.6 is 35.6 Å². The van der Waals surface area contributed by atoms with Crippen molar-refractivity contribution in [3.63, 3.8) is 0 Å². The van der Waals surface area contributed by atoms with E-state index in [1.807, 2.05) is 48.3 Å². The van der Waals surface area contributed by atoms with Crippen molar-refractivity contribution in [1.82, 2.24) is 20.4 Å². The maximum atomic E-state index is 5.92. The van der Waals surface area contributed by atoms with Gasteiger partial charge >= 0.3 is 0 Å². The fourth-order valence-corrected chi connectivity index (χ4v) is 2.94. The van der Waals surface area contributed by atoms with Gasteiger partial charge in [-0.15, -0.1) is 24.0 Å². The van der Waals surface area contributed by atoms with E-state index in [4.69, 9.17) is 25.6 Å². The number of nitrogens with one attached hydrogen (secondary N) is 1. The highest BCUT2D eigenvalue weighted by atomic mass is 127. The standard InChI is InChI=1S/C22H26ClN5O3.HI/c1-24-22(28(2)14-15-30-19-10-8-18(29-3)9-11-19)25-13-12-20-26-21(27-31-20)16-4-6-17(23)7-5-16;/h4-11H,12-15H2,1-3H3,(H,24,25);1H. The number of nitrogens with zero attached hydrogens (tertiary/aromatic N) is 4. The van der Waals surface area contributed by atoms with Crippen molar-refractivity contribution in [2.24, 2.45) is 4.99 Å². The highest BCUT2D eigenvalue weighted by molar-refractivity contribution is 14.0. The van der Waals surface area contributed by atoms with Crippen molar-refractivity contribution in [1.29, 1.82) is 0 Å². The quantitative estimate of drug-likeness (QED) is 0.235. The van der Waals surface area contributed by atoms with Gasteiger partial charge in [0.1, 0.15) is 18.1 Å². The Morgan fingerprint density at radius 2 is 1.81 bits per heavy atom. The summed E-state index contributed by atoms with van der Waals surface area (Å²) in [5.74, 6) is 3.46. The number of methoxy groups -OCH3 is 1. The fraction of sp³-hybridized carbons (Fsp3) is 0.318. The minimum atomic E-state index is 0. The van der Waals surface area contributed by atoms with Crippen LogP contribution in [0.25, 0.3) is 11.4 Å². The predicted octanol–water partition coefficient (Wildman–Crippen LogP) is 4.15. The lowest BCUT2D eigenvalue weighted by Crippen LogP contribution is -2.41. The topological polar surface area (TPSA) is 85.0 Å². The van der Waals surface area contributed by atoms with E-state index < -0.39 is 0 Å². The molecule has 1 aromatic heterocycles. The molecule has 0 saturated heterocycles. The molecule has 0 fully saturated rings. The highest BCUT2D eigenvalue weighted by Crippen LogP contribution is 2.19. The van der Waals surface area contributed by atoms with Crippen LogP contribution in [-0.2, 0) is 6.42 Å². The van der Waals surface area contributed by atoms with Gasteiger partial charge in [0.15, 0.2) is 5.96 Å². The minimum absolute atomic E-state index is 0. The van der Waals surface area contributed by atoms with Crippen molar-refractivity contribution in [3.05, 3.63) is 59.4 Å². The number of benzene rings is 2. The number of hydrogen-bond donors (Lipinski definition) is 1. The Hall–Kier alpha value is -2.53. The van der Waals surface area contributed by atoms with E-state index >= 15 is 0 Å². The summed E-state index contributed by atoms with van der Waals surface area (Å²) in [5, 5.41) is 7.99. The highest BCUT2D eigenvalue weighted by Gasteiger charge is 2.10. The average molecular weight is 572 g/mol. The van der Waals surface area contributed by atoms with Gasteiger partial charge < -0.3 is 24.2 Å². The summed E-state index contributed by atoms with van der Waals surface area (Å²) in [4.78, 5) is 10.7. The summed E-state index contributed by atoms with van der Waals surface area (Å²) in [7, 11) is 5.34. The zero-order valence-electron chi connectivity index (χ0n) is 18.2. The van der Waals surface area contributed by atoms with Gasteiger partial charge in [0, 0.05) is 37.6 Å². The first-order chi connectivity index (χ1) is 15.1. The number of ether oxygens (including phenoxy) is 2. The minimum Gasteiger partial charge on any atom is -0.497 e. The third-order valence-electron chi connectivity index (χ3n) is 4.52. The molecule has 0 bridgehead atoms. The monoisotopic (exact) mass is 571 g/mol. The summed E-state index contributed by atoms with van der Waals surface area (Å²) >= 11 is 5.92. The van der Waals surface area contributed by atoms with Crippen LogP contribution in [0.3, 0.4) is 0 Å². The first-order valence-electron chi connectivity index (χ1n) is 9.86. The molecule has 0 atom stereocenters. The second-order valence-electron chi connectivity index (χ2n) is 6.69. The van der Waals surface area contributed by atoms with E-state index in [1.54, 1.807) is 26.3 Å². The number of halogens is 2. The van der Waals surface area contributed by atoms with Crippen molar-refractivity contribution < 1.29 is 14.0 Å². The normalized spacial score (nSPS) is 10.9. The number of hydrogen-bond acceptors (Lipinski definition) is 6. The molecule has 8 nitrogen and oxygen atoms in total. The number of aromatic nitrogens is 2. The number of rotatable bonds is 9. The zero-order valence-corrected chi connectivity index (χ0v) is 21.3. The molecule has 0 saturated carbocycles. The molecule has 3 rings (SSSR count). The summed E-state index contributed by atoms with van der Waals surface area (Å²) in [6.45, 7) is 1.81. The van der Waals surface area contributed by atoms with E-state index in [0.717, 1.165) is 23.0 Å². The van der Waals surface area contributed by atoms with E-state index in [0.29, 0.717) is 42.9 Å². The molecule has 0 aliphatic carbocycles. The second-order valence-corrected chi connectivity index (χ2v) is 7.12. The van der Waals surface area contributed by atoms with Crippen LogP contribution in [0.5, 0.6) is 11.5 Å². The first kappa shape index (κ1) is 25.7. The Labute approximate surface area is 210 Å². The SMILES string of the molecule is CN=C(NCCc1nc(-c2ccc(Cl)cc2)no1)N(C)CCOc1ccc(OC)cc1.I. The van der Waals surface area contributed by atoms with Crippen molar-refractivity contribution in [3.8, 4) is 22.9 Å². The molecule has 1 N–H and O–H groups in total. The fourth-order valence-electron chi connectivity index (χ4n) is 2.82. The third-order valence-corrected chi connectivity index (χ3v) is 4.77. The predicted molar refractivity (Wildman–Crippen MR) is 136 cm³/mol. The smallest absolute Gasteiger partial charge is 0.228 e. The lowest BCUT2D eigenvalue weighted by atomic mass is 10.2. The summed E-state index contributed by atoms with van der Waals surface area (Å²) in [6.07, 6.45) is 0.579. The molecule has 2 aromatic carbocycles. The molecule has 32 heavy (non-hydrogen) atoms. The molecule has 0 aliphatic heterocycles. The van der Waals surface area contributed by atoms with Crippen LogP contribution in [0.1, 0.15) is 5.89 Å². The molecule has 0 amide bonds. The maximum Gasteiger partial charge on any atom is 0.228 e. The average Bonchev–Trinajstić information content (AvgIpc) is 3.26. The molecule has 1 heterocycles.